The fraction of sp³-hybridized carbons (Fsp3) is 0.435. The molecule has 0 N–H and O–H groups in total. The molecule has 0 aliphatic carbocycles. The fourth-order valence-corrected chi connectivity index (χ4v) is 3.78. The van der Waals surface area contributed by atoms with Gasteiger partial charge < -0.3 is 19.3 Å². The lowest BCUT2D eigenvalue weighted by molar-refractivity contribution is -0.132. The van der Waals surface area contributed by atoms with Crippen LogP contribution in [0.5, 0.6) is 11.5 Å². The molecule has 2 aromatic rings. The first-order valence-corrected chi connectivity index (χ1v) is 9.85. The van der Waals surface area contributed by atoms with Crippen LogP contribution in [0.15, 0.2) is 48.5 Å². The Labute approximate surface area is 167 Å². The Morgan fingerprint density at radius 3 is 2.36 bits per heavy atom. The number of hydrogen-bond acceptors (Lipinski definition) is 4. The lowest BCUT2D eigenvalue weighted by Crippen LogP contribution is -2.47. The summed E-state index contributed by atoms with van der Waals surface area (Å²) >= 11 is 0. The van der Waals surface area contributed by atoms with Crippen molar-refractivity contribution in [2.75, 3.05) is 47.4 Å². The summed E-state index contributed by atoms with van der Waals surface area (Å²) in [6.07, 6.45) is 1.25. The van der Waals surface area contributed by atoms with Crippen LogP contribution >= 0.6 is 0 Å². The standard InChI is InChI=1S/C23H30N2O3/c1-24-13-15-25(16-14-24)23(26)12-10-20(18-7-5-4-6-8-18)21-17-19(27-2)9-11-22(21)28-3/h4-9,11,17,20H,10,12-16H2,1-3H3. The molecule has 1 heterocycles. The van der Waals surface area contributed by atoms with E-state index in [-0.39, 0.29) is 11.8 Å². The van der Waals surface area contributed by atoms with Crippen molar-refractivity contribution in [3.8, 4) is 11.5 Å². The Kier molecular flexibility index (Phi) is 6.93. The van der Waals surface area contributed by atoms with Gasteiger partial charge in [0.2, 0.25) is 5.91 Å². The smallest absolute Gasteiger partial charge is 0.222 e. The molecule has 0 saturated carbocycles. The molecule has 1 aliphatic heterocycles. The third-order valence-electron chi connectivity index (χ3n) is 5.52. The molecule has 0 aromatic heterocycles. The zero-order valence-corrected chi connectivity index (χ0v) is 17.1. The monoisotopic (exact) mass is 382 g/mol. The molecule has 5 nitrogen and oxygen atoms in total. The fourth-order valence-electron chi connectivity index (χ4n) is 3.78. The molecule has 1 amide bonds. The van der Waals surface area contributed by atoms with E-state index >= 15 is 0 Å². The van der Waals surface area contributed by atoms with Crippen molar-refractivity contribution < 1.29 is 14.3 Å². The molecule has 0 bridgehead atoms. The molecule has 5 heteroatoms. The Hall–Kier alpha value is -2.53. The zero-order valence-electron chi connectivity index (χ0n) is 17.1. The van der Waals surface area contributed by atoms with E-state index in [2.05, 4.69) is 24.1 Å². The highest BCUT2D eigenvalue weighted by molar-refractivity contribution is 5.76. The minimum Gasteiger partial charge on any atom is -0.497 e. The van der Waals surface area contributed by atoms with Gasteiger partial charge in [-0.2, -0.15) is 0 Å². The summed E-state index contributed by atoms with van der Waals surface area (Å²) in [4.78, 5) is 17.1. The van der Waals surface area contributed by atoms with Crippen LogP contribution in [0.1, 0.15) is 29.9 Å². The second-order valence-electron chi connectivity index (χ2n) is 7.29. The molecule has 0 spiro atoms. The highest BCUT2D eigenvalue weighted by Crippen LogP contribution is 2.37. The van der Waals surface area contributed by atoms with Crippen molar-refractivity contribution in [1.29, 1.82) is 0 Å². The largest absolute Gasteiger partial charge is 0.497 e. The minimum atomic E-state index is 0.0719. The Morgan fingerprint density at radius 2 is 1.71 bits per heavy atom. The third kappa shape index (κ3) is 4.84. The Balaban J connectivity index is 1.82. The van der Waals surface area contributed by atoms with Crippen molar-refractivity contribution >= 4 is 5.91 Å². The van der Waals surface area contributed by atoms with E-state index in [9.17, 15) is 4.79 Å². The highest BCUT2D eigenvalue weighted by Gasteiger charge is 2.23. The van der Waals surface area contributed by atoms with Crippen LogP contribution in [-0.4, -0.2) is 63.2 Å². The number of amides is 1. The van der Waals surface area contributed by atoms with Crippen LogP contribution in [0.4, 0.5) is 0 Å². The number of carbonyl (C=O) groups excluding carboxylic acids is 1. The van der Waals surface area contributed by atoms with Gasteiger partial charge >= 0.3 is 0 Å². The van der Waals surface area contributed by atoms with E-state index in [0.29, 0.717) is 6.42 Å². The number of hydrogen-bond donors (Lipinski definition) is 0. The number of likely N-dealkylation sites (N-methyl/N-ethyl adjacent to an activating group) is 1. The van der Waals surface area contributed by atoms with Crippen molar-refractivity contribution in [2.24, 2.45) is 0 Å². The summed E-state index contributed by atoms with van der Waals surface area (Å²) in [7, 11) is 5.45. The summed E-state index contributed by atoms with van der Waals surface area (Å²) < 4.78 is 11.1. The molecular weight excluding hydrogens is 352 g/mol. The molecule has 2 aromatic carbocycles. The van der Waals surface area contributed by atoms with Gasteiger partial charge in [0.1, 0.15) is 11.5 Å². The number of carbonyl (C=O) groups is 1. The molecule has 28 heavy (non-hydrogen) atoms. The maximum absolute atomic E-state index is 12.8. The Morgan fingerprint density at radius 1 is 1.00 bits per heavy atom. The second kappa shape index (κ2) is 9.60. The van der Waals surface area contributed by atoms with E-state index in [1.165, 1.54) is 5.56 Å². The quantitative estimate of drug-likeness (QED) is 0.736. The molecule has 1 saturated heterocycles. The summed E-state index contributed by atoms with van der Waals surface area (Å²) in [5, 5.41) is 0. The van der Waals surface area contributed by atoms with Gasteiger partial charge in [-0.25, -0.2) is 0 Å². The molecule has 1 aliphatic rings. The maximum atomic E-state index is 12.8. The van der Waals surface area contributed by atoms with Gasteiger partial charge in [-0.15, -0.1) is 0 Å². The molecule has 0 radical (unpaired) electrons. The normalized spacial score (nSPS) is 15.9. The summed E-state index contributed by atoms with van der Waals surface area (Å²) in [6, 6.07) is 16.2. The van der Waals surface area contributed by atoms with Gasteiger partial charge in [0, 0.05) is 44.1 Å². The van der Waals surface area contributed by atoms with Crippen molar-refractivity contribution in [3.63, 3.8) is 0 Å². The molecule has 1 atom stereocenters. The minimum absolute atomic E-state index is 0.0719. The van der Waals surface area contributed by atoms with Gasteiger partial charge in [0.05, 0.1) is 14.2 Å². The number of methoxy groups -OCH3 is 2. The number of rotatable bonds is 7. The second-order valence-corrected chi connectivity index (χ2v) is 7.29. The number of ether oxygens (including phenoxy) is 2. The van der Waals surface area contributed by atoms with Crippen LogP contribution in [0.2, 0.25) is 0 Å². The highest BCUT2D eigenvalue weighted by atomic mass is 16.5. The molecule has 150 valence electrons. The first kappa shape index (κ1) is 20.2. The van der Waals surface area contributed by atoms with E-state index in [1.807, 2.05) is 41.3 Å². The van der Waals surface area contributed by atoms with E-state index in [4.69, 9.17) is 9.47 Å². The lowest BCUT2D eigenvalue weighted by Gasteiger charge is -2.33. The zero-order chi connectivity index (χ0) is 19.9. The average molecular weight is 383 g/mol. The van der Waals surface area contributed by atoms with Crippen LogP contribution in [-0.2, 0) is 4.79 Å². The van der Waals surface area contributed by atoms with Gasteiger partial charge in [0.15, 0.2) is 0 Å². The molecule has 1 fully saturated rings. The molecule has 3 rings (SSSR count). The molecule has 1 unspecified atom stereocenters. The SMILES string of the molecule is COc1ccc(OC)c(C(CCC(=O)N2CCN(C)CC2)c2ccccc2)c1. The van der Waals surface area contributed by atoms with Gasteiger partial charge in [-0.3, -0.25) is 4.79 Å². The van der Waals surface area contributed by atoms with Crippen LogP contribution < -0.4 is 9.47 Å². The van der Waals surface area contributed by atoms with Crippen molar-refractivity contribution in [3.05, 3.63) is 59.7 Å². The van der Waals surface area contributed by atoms with Gasteiger partial charge in [-0.1, -0.05) is 30.3 Å². The number of piperazine rings is 1. The molecular formula is C23H30N2O3. The van der Waals surface area contributed by atoms with Crippen LogP contribution in [0, 0.1) is 0 Å². The lowest BCUT2D eigenvalue weighted by atomic mass is 9.86. The topological polar surface area (TPSA) is 42.0 Å². The Bertz CT molecular complexity index is 771. The predicted molar refractivity (Wildman–Crippen MR) is 111 cm³/mol. The summed E-state index contributed by atoms with van der Waals surface area (Å²) in [5.41, 5.74) is 2.24. The van der Waals surface area contributed by atoms with Gasteiger partial charge in [-0.05, 0) is 37.2 Å². The van der Waals surface area contributed by atoms with Crippen molar-refractivity contribution in [2.45, 2.75) is 18.8 Å². The van der Waals surface area contributed by atoms with E-state index in [0.717, 1.165) is 49.7 Å². The van der Waals surface area contributed by atoms with E-state index < -0.39 is 0 Å². The third-order valence-corrected chi connectivity index (χ3v) is 5.52. The van der Waals surface area contributed by atoms with Gasteiger partial charge in [0.25, 0.3) is 0 Å². The van der Waals surface area contributed by atoms with Crippen LogP contribution in [0.3, 0.4) is 0 Å². The number of nitrogens with zero attached hydrogens (tertiary/aromatic N) is 2. The van der Waals surface area contributed by atoms with Crippen LogP contribution in [0.25, 0.3) is 0 Å². The maximum Gasteiger partial charge on any atom is 0.222 e. The number of benzene rings is 2. The average Bonchev–Trinajstić information content (AvgIpc) is 2.75. The first-order chi connectivity index (χ1) is 13.6. The first-order valence-electron chi connectivity index (χ1n) is 9.85. The predicted octanol–water partition coefficient (Wildman–Crippen LogP) is 3.39. The summed E-state index contributed by atoms with van der Waals surface area (Å²) in [6.45, 7) is 3.51. The van der Waals surface area contributed by atoms with E-state index in [1.54, 1.807) is 14.2 Å². The summed E-state index contributed by atoms with van der Waals surface area (Å²) in [5.74, 6) is 1.92. The van der Waals surface area contributed by atoms with Crippen molar-refractivity contribution in [1.82, 2.24) is 9.80 Å².